The topological polar surface area (TPSA) is 19.0 Å². The third-order valence-corrected chi connectivity index (χ3v) is 9.87. The first-order valence-electron chi connectivity index (χ1n) is 14.6. The molecular formula is C30H47N3O. The van der Waals surface area contributed by atoms with Crippen LogP contribution in [0.2, 0.25) is 0 Å². The maximum absolute atomic E-state index is 6.04. The fourth-order valence-electron chi connectivity index (χ4n) is 7.75. The summed E-state index contributed by atoms with van der Waals surface area (Å²) >= 11 is 0. The molecule has 3 saturated carbocycles. The number of benzene rings is 1. The van der Waals surface area contributed by atoms with Crippen molar-refractivity contribution in [2.75, 3.05) is 55.6 Å². The van der Waals surface area contributed by atoms with Crippen LogP contribution in [0, 0.1) is 11.3 Å². The van der Waals surface area contributed by atoms with E-state index in [2.05, 4.69) is 46.7 Å². The first kappa shape index (κ1) is 23.2. The van der Waals surface area contributed by atoms with Crippen molar-refractivity contribution in [1.82, 2.24) is 4.90 Å². The van der Waals surface area contributed by atoms with E-state index in [9.17, 15) is 0 Å². The molecule has 4 heteroatoms. The van der Waals surface area contributed by atoms with Crippen LogP contribution >= 0.6 is 0 Å². The molecular weight excluding hydrogens is 418 g/mol. The Morgan fingerprint density at radius 2 is 1.50 bits per heavy atom. The Kier molecular flexibility index (Phi) is 6.57. The van der Waals surface area contributed by atoms with Crippen LogP contribution < -0.4 is 9.80 Å². The SMILES string of the molecule is CC1CN(c2ccc(N3CCN(CC4CC4)CC3)c(C3CCC4(CCCC4)CC3)c2)CC(C)O1. The Morgan fingerprint density at radius 1 is 0.824 bits per heavy atom. The number of hydrogen-bond acceptors (Lipinski definition) is 4. The molecule has 5 fully saturated rings. The minimum atomic E-state index is 0.309. The lowest BCUT2D eigenvalue weighted by molar-refractivity contribution is -0.00522. The monoisotopic (exact) mass is 465 g/mol. The third kappa shape index (κ3) is 5.00. The van der Waals surface area contributed by atoms with Crippen LogP contribution in [0.4, 0.5) is 11.4 Å². The van der Waals surface area contributed by atoms with Crippen LogP contribution in [0.3, 0.4) is 0 Å². The minimum absolute atomic E-state index is 0.309. The molecule has 188 valence electrons. The largest absolute Gasteiger partial charge is 0.372 e. The van der Waals surface area contributed by atoms with Crippen molar-refractivity contribution in [3.05, 3.63) is 23.8 Å². The first-order valence-corrected chi connectivity index (χ1v) is 14.6. The van der Waals surface area contributed by atoms with Gasteiger partial charge in [-0.25, -0.2) is 0 Å². The van der Waals surface area contributed by atoms with Crippen molar-refractivity contribution in [1.29, 1.82) is 0 Å². The summed E-state index contributed by atoms with van der Waals surface area (Å²) in [5.41, 5.74) is 5.34. The van der Waals surface area contributed by atoms with Crippen molar-refractivity contribution >= 4 is 11.4 Å². The van der Waals surface area contributed by atoms with Crippen LogP contribution in [0.5, 0.6) is 0 Å². The second-order valence-electron chi connectivity index (χ2n) is 12.6. The van der Waals surface area contributed by atoms with Crippen LogP contribution in [0.15, 0.2) is 18.2 Å². The van der Waals surface area contributed by atoms with Crippen LogP contribution in [-0.4, -0.2) is 62.9 Å². The smallest absolute Gasteiger partial charge is 0.0726 e. The van der Waals surface area contributed by atoms with E-state index in [0.717, 1.165) is 24.9 Å². The Hall–Kier alpha value is -1.26. The number of rotatable bonds is 5. The van der Waals surface area contributed by atoms with Gasteiger partial charge in [-0.15, -0.1) is 0 Å². The van der Waals surface area contributed by atoms with E-state index in [4.69, 9.17) is 4.74 Å². The molecule has 1 aromatic rings. The van der Waals surface area contributed by atoms with Gasteiger partial charge < -0.3 is 14.5 Å². The molecule has 0 aromatic heterocycles. The molecule has 0 bridgehead atoms. The summed E-state index contributed by atoms with van der Waals surface area (Å²) in [6.45, 7) is 12.7. The highest BCUT2D eigenvalue weighted by atomic mass is 16.5. The van der Waals surface area contributed by atoms with Crippen molar-refractivity contribution in [3.63, 3.8) is 0 Å². The van der Waals surface area contributed by atoms with Gasteiger partial charge in [0.2, 0.25) is 0 Å². The summed E-state index contributed by atoms with van der Waals surface area (Å²) in [4.78, 5) is 8.04. The Balaban J connectivity index is 1.22. The predicted octanol–water partition coefficient (Wildman–Crippen LogP) is 6.05. The van der Waals surface area contributed by atoms with Crippen molar-refractivity contribution < 1.29 is 4.74 Å². The van der Waals surface area contributed by atoms with Crippen LogP contribution in [-0.2, 0) is 4.74 Å². The van der Waals surface area contributed by atoms with Gasteiger partial charge in [0.15, 0.2) is 0 Å². The van der Waals surface area contributed by atoms with E-state index in [1.807, 2.05) is 0 Å². The summed E-state index contributed by atoms with van der Waals surface area (Å²) in [5, 5.41) is 0. The van der Waals surface area contributed by atoms with Crippen molar-refractivity contribution in [3.8, 4) is 0 Å². The van der Waals surface area contributed by atoms with Crippen LogP contribution in [0.25, 0.3) is 0 Å². The Morgan fingerprint density at radius 3 is 2.15 bits per heavy atom. The predicted molar refractivity (Wildman–Crippen MR) is 142 cm³/mol. The highest BCUT2D eigenvalue weighted by Gasteiger charge is 2.39. The molecule has 6 rings (SSSR count). The van der Waals surface area contributed by atoms with Crippen molar-refractivity contribution in [2.24, 2.45) is 11.3 Å². The molecule has 2 unspecified atom stereocenters. The average molecular weight is 466 g/mol. The zero-order valence-corrected chi connectivity index (χ0v) is 21.8. The second-order valence-corrected chi connectivity index (χ2v) is 12.6. The van der Waals surface area contributed by atoms with Gasteiger partial charge in [0.1, 0.15) is 0 Å². The molecule has 2 aliphatic heterocycles. The van der Waals surface area contributed by atoms with Crippen molar-refractivity contribution in [2.45, 2.75) is 96.2 Å². The van der Waals surface area contributed by atoms with Crippen LogP contribution in [0.1, 0.15) is 89.5 Å². The van der Waals surface area contributed by atoms with Gasteiger partial charge in [-0.2, -0.15) is 0 Å². The van der Waals surface area contributed by atoms with E-state index < -0.39 is 0 Å². The summed E-state index contributed by atoms with van der Waals surface area (Å²) in [6, 6.07) is 7.52. The summed E-state index contributed by atoms with van der Waals surface area (Å²) in [7, 11) is 0. The normalized spacial score (nSPS) is 30.9. The van der Waals surface area contributed by atoms with E-state index >= 15 is 0 Å². The Labute approximate surface area is 208 Å². The average Bonchev–Trinajstić information content (AvgIpc) is 3.55. The summed E-state index contributed by atoms with van der Waals surface area (Å²) in [5.74, 6) is 1.74. The number of morpholine rings is 1. The zero-order chi connectivity index (χ0) is 23.1. The van der Waals surface area contributed by atoms with Gasteiger partial charge in [-0.1, -0.05) is 12.8 Å². The molecule has 2 saturated heterocycles. The molecule has 0 radical (unpaired) electrons. The van der Waals surface area contributed by atoms with E-state index in [1.54, 1.807) is 11.3 Å². The number of nitrogens with zero attached hydrogens (tertiary/aromatic N) is 3. The number of ether oxygens (including phenoxy) is 1. The molecule has 4 nitrogen and oxygen atoms in total. The molecule has 0 N–H and O–H groups in total. The highest BCUT2D eigenvalue weighted by Crippen LogP contribution is 2.53. The maximum atomic E-state index is 6.04. The molecule has 1 aromatic carbocycles. The molecule has 5 aliphatic rings. The summed E-state index contributed by atoms with van der Waals surface area (Å²) in [6.07, 6.45) is 15.2. The number of hydrogen-bond donors (Lipinski definition) is 0. The van der Waals surface area contributed by atoms with Gasteiger partial charge in [0.05, 0.1) is 12.2 Å². The molecule has 2 atom stereocenters. The molecule has 0 amide bonds. The number of anilines is 2. The van der Waals surface area contributed by atoms with E-state index in [1.165, 1.54) is 103 Å². The van der Waals surface area contributed by atoms with Gasteiger partial charge >= 0.3 is 0 Å². The lowest BCUT2D eigenvalue weighted by Gasteiger charge is -2.42. The fourth-order valence-corrected chi connectivity index (χ4v) is 7.75. The highest BCUT2D eigenvalue weighted by molar-refractivity contribution is 5.64. The maximum Gasteiger partial charge on any atom is 0.0726 e. The lowest BCUT2D eigenvalue weighted by atomic mass is 9.68. The van der Waals surface area contributed by atoms with Gasteiger partial charge in [-0.05, 0) is 106 Å². The molecule has 1 spiro atoms. The van der Waals surface area contributed by atoms with Gasteiger partial charge in [0, 0.05) is 57.2 Å². The third-order valence-electron chi connectivity index (χ3n) is 9.87. The van der Waals surface area contributed by atoms with E-state index in [-0.39, 0.29) is 0 Å². The standard InChI is InChI=1S/C30H47N3O/c1-23-20-33(21-24(2)34-23)27-7-8-29(32-17-15-31(16-18-32)22-25-5-6-25)28(19-27)26-9-13-30(14-10-26)11-3-4-12-30/h7-8,19,23-26H,3-6,9-18,20-22H2,1-2H3. The zero-order valence-electron chi connectivity index (χ0n) is 21.8. The van der Waals surface area contributed by atoms with Gasteiger partial charge in [-0.3, -0.25) is 4.90 Å². The van der Waals surface area contributed by atoms with Gasteiger partial charge in [0.25, 0.3) is 0 Å². The van der Waals surface area contributed by atoms with E-state index in [0.29, 0.717) is 17.6 Å². The molecule has 2 heterocycles. The lowest BCUT2D eigenvalue weighted by Crippen LogP contribution is -2.47. The number of piperazine rings is 1. The minimum Gasteiger partial charge on any atom is -0.372 e. The molecule has 3 aliphatic carbocycles. The first-order chi connectivity index (χ1) is 16.6. The fraction of sp³-hybridized carbons (Fsp3) is 0.800. The molecule has 34 heavy (non-hydrogen) atoms. The quantitative estimate of drug-likeness (QED) is 0.527. The second kappa shape index (κ2) is 9.65. The Bertz CT molecular complexity index is 817. The summed E-state index contributed by atoms with van der Waals surface area (Å²) < 4.78 is 6.04.